The van der Waals surface area contributed by atoms with Crippen LogP contribution in [0.25, 0.3) is 109 Å². The number of rotatable bonds is 6. The Bertz CT molecular complexity index is 3310. The van der Waals surface area contributed by atoms with Gasteiger partial charge in [0.1, 0.15) is 0 Å². The molecule has 0 heteroatoms. The van der Waals surface area contributed by atoms with E-state index in [9.17, 15) is 0 Å². The standard InChI is InChI=1S/C52H32.C9H18.2CH4/c1-2-11-35(12-3-1)49-43-14-6-8-16-45(43)50(46-17-9-7-15-44(46)49)36-21-19-34(20-22-36)41-28-24-37-27-31-48-42(29-25-38-26-30-47(41)51(37)52(38)48)40-23-18-33-10-4-5-13-39(33)32-40;1-4-5-9-7(2)6-8(9)3;;/h1-32H;7-9H,4-6H2,1-3H3;2*1H4. The quantitative estimate of drug-likeness (QED) is 0.116. The van der Waals surface area contributed by atoms with Gasteiger partial charge in [-0.1, -0.05) is 237 Å². The molecule has 0 aliphatic heterocycles. The van der Waals surface area contributed by atoms with Crippen molar-refractivity contribution < 1.29 is 0 Å². The van der Waals surface area contributed by atoms with Crippen LogP contribution in [0.15, 0.2) is 194 Å². The summed E-state index contributed by atoms with van der Waals surface area (Å²) in [5.41, 5.74) is 10.1. The third-order valence-electron chi connectivity index (χ3n) is 14.0. The van der Waals surface area contributed by atoms with Crippen molar-refractivity contribution in [3.05, 3.63) is 194 Å². The van der Waals surface area contributed by atoms with Crippen LogP contribution in [0.4, 0.5) is 0 Å². The zero-order chi connectivity index (χ0) is 41.0. The second-order valence-electron chi connectivity index (χ2n) is 17.6. The summed E-state index contributed by atoms with van der Waals surface area (Å²) in [6.45, 7) is 7.07. The minimum absolute atomic E-state index is 0. The molecular weight excluding hydrogens is 757 g/mol. The lowest BCUT2D eigenvalue weighted by atomic mass is 9.65. The van der Waals surface area contributed by atoms with Gasteiger partial charge in [-0.15, -0.1) is 0 Å². The Hall–Kier alpha value is -6.76. The number of fused-ring (bicyclic) bond motifs is 3. The van der Waals surface area contributed by atoms with E-state index in [1.54, 1.807) is 0 Å². The van der Waals surface area contributed by atoms with Gasteiger partial charge < -0.3 is 0 Å². The second kappa shape index (κ2) is 17.2. The lowest BCUT2D eigenvalue weighted by Gasteiger charge is -2.41. The van der Waals surface area contributed by atoms with Crippen molar-refractivity contribution in [1.29, 1.82) is 0 Å². The van der Waals surface area contributed by atoms with Crippen molar-refractivity contribution in [2.45, 2.75) is 54.9 Å². The lowest BCUT2D eigenvalue weighted by molar-refractivity contribution is 0.0918. The molecule has 63 heavy (non-hydrogen) atoms. The predicted molar refractivity (Wildman–Crippen MR) is 279 cm³/mol. The fourth-order valence-electron chi connectivity index (χ4n) is 11.0. The summed E-state index contributed by atoms with van der Waals surface area (Å²) in [7, 11) is 0. The van der Waals surface area contributed by atoms with Gasteiger partial charge in [0.25, 0.3) is 0 Å². The van der Waals surface area contributed by atoms with Crippen LogP contribution in [-0.4, -0.2) is 0 Å². The molecule has 2 atom stereocenters. The van der Waals surface area contributed by atoms with Gasteiger partial charge in [-0.05, 0) is 139 Å². The van der Waals surface area contributed by atoms with E-state index in [1.165, 1.54) is 128 Å². The summed E-state index contributed by atoms with van der Waals surface area (Å²) in [6, 6.07) is 71.8. The number of hydrogen-bond acceptors (Lipinski definition) is 0. The number of benzene rings is 11. The van der Waals surface area contributed by atoms with Gasteiger partial charge >= 0.3 is 0 Å². The van der Waals surface area contributed by atoms with Gasteiger partial charge in [0.2, 0.25) is 0 Å². The van der Waals surface area contributed by atoms with Crippen LogP contribution >= 0.6 is 0 Å². The Kier molecular flexibility index (Phi) is 11.3. The van der Waals surface area contributed by atoms with E-state index < -0.39 is 0 Å². The average Bonchev–Trinajstić information content (AvgIpc) is 3.32. The average molecular weight is 815 g/mol. The molecule has 0 amide bonds. The summed E-state index contributed by atoms with van der Waals surface area (Å²) in [5.74, 6) is 3.12. The zero-order valence-corrected chi connectivity index (χ0v) is 35.3. The molecule has 0 spiro atoms. The van der Waals surface area contributed by atoms with Crippen molar-refractivity contribution in [3.8, 4) is 44.5 Å². The minimum Gasteiger partial charge on any atom is -0.0776 e. The Morgan fingerprint density at radius 2 is 0.778 bits per heavy atom. The van der Waals surface area contributed by atoms with Crippen LogP contribution in [0.1, 0.15) is 54.9 Å². The Balaban J connectivity index is 0.000000412. The molecule has 0 bridgehead atoms. The van der Waals surface area contributed by atoms with Crippen LogP contribution in [0.3, 0.4) is 0 Å². The third kappa shape index (κ3) is 7.13. The molecule has 0 N–H and O–H groups in total. The van der Waals surface area contributed by atoms with Crippen molar-refractivity contribution in [2.75, 3.05) is 0 Å². The van der Waals surface area contributed by atoms with Gasteiger partial charge in [-0.3, -0.25) is 0 Å². The van der Waals surface area contributed by atoms with Gasteiger partial charge in [0.15, 0.2) is 0 Å². The molecule has 0 nitrogen and oxygen atoms in total. The topological polar surface area (TPSA) is 0 Å². The highest BCUT2D eigenvalue weighted by Gasteiger charge is 2.33. The second-order valence-corrected chi connectivity index (χ2v) is 17.6. The summed E-state index contributed by atoms with van der Waals surface area (Å²) in [4.78, 5) is 0. The first-order valence-corrected chi connectivity index (χ1v) is 22.3. The van der Waals surface area contributed by atoms with E-state index in [-0.39, 0.29) is 14.9 Å². The summed E-state index contributed by atoms with van der Waals surface area (Å²) in [5, 5.41) is 15.5. The van der Waals surface area contributed by atoms with Crippen LogP contribution in [-0.2, 0) is 0 Å². The van der Waals surface area contributed by atoms with E-state index in [2.05, 4.69) is 215 Å². The smallest absolute Gasteiger partial charge is 0.00203 e. The van der Waals surface area contributed by atoms with Gasteiger partial charge in [0.05, 0.1) is 0 Å². The normalized spacial score (nSPS) is 15.8. The first kappa shape index (κ1) is 41.6. The first-order chi connectivity index (χ1) is 30.1. The Labute approximate surface area is 374 Å². The fourth-order valence-corrected chi connectivity index (χ4v) is 11.0. The molecule has 11 aromatic rings. The highest BCUT2D eigenvalue weighted by Crippen LogP contribution is 2.46. The molecule has 1 fully saturated rings. The van der Waals surface area contributed by atoms with Gasteiger partial charge in [0, 0.05) is 0 Å². The van der Waals surface area contributed by atoms with Crippen molar-refractivity contribution in [1.82, 2.24) is 0 Å². The molecule has 310 valence electrons. The fraction of sp³-hybridized carbons (Fsp3) is 0.175. The largest absolute Gasteiger partial charge is 0.0776 e. The zero-order valence-electron chi connectivity index (χ0n) is 35.3. The van der Waals surface area contributed by atoms with Crippen molar-refractivity contribution in [3.63, 3.8) is 0 Å². The molecule has 0 radical (unpaired) electrons. The highest BCUT2D eigenvalue weighted by atomic mass is 14.4. The Morgan fingerprint density at radius 3 is 1.29 bits per heavy atom. The van der Waals surface area contributed by atoms with Crippen LogP contribution in [0.2, 0.25) is 0 Å². The molecule has 1 saturated carbocycles. The number of hydrogen-bond donors (Lipinski definition) is 0. The minimum atomic E-state index is 0. The van der Waals surface area contributed by atoms with Crippen LogP contribution in [0, 0.1) is 17.8 Å². The molecule has 12 rings (SSSR count). The molecule has 0 aromatic heterocycles. The van der Waals surface area contributed by atoms with E-state index in [1.807, 2.05) is 0 Å². The molecule has 11 aromatic carbocycles. The first-order valence-electron chi connectivity index (χ1n) is 22.3. The highest BCUT2D eigenvalue weighted by molar-refractivity contribution is 6.28. The van der Waals surface area contributed by atoms with Crippen molar-refractivity contribution >= 4 is 64.6 Å². The predicted octanol–water partition coefficient (Wildman–Crippen LogP) is 19.1. The third-order valence-corrected chi connectivity index (χ3v) is 14.0. The van der Waals surface area contributed by atoms with Gasteiger partial charge in [-0.25, -0.2) is 0 Å². The van der Waals surface area contributed by atoms with Crippen molar-refractivity contribution in [2.24, 2.45) is 17.8 Å². The van der Waals surface area contributed by atoms with Crippen LogP contribution < -0.4 is 0 Å². The molecule has 1 aliphatic rings. The maximum absolute atomic E-state index is 2.39. The molecular formula is C63H58. The SMILES string of the molecule is C.C.CCCC1C(C)CC1C.c1ccc(-c2c3ccccc3c(-c3ccc(-c4ccc5ccc6c(-c7ccc8ccccc8c7)ccc7ccc4c5c76)cc3)c3ccccc23)cc1. The van der Waals surface area contributed by atoms with E-state index in [4.69, 9.17) is 0 Å². The molecule has 0 heterocycles. The monoisotopic (exact) mass is 814 g/mol. The van der Waals surface area contributed by atoms with E-state index in [0.29, 0.717) is 0 Å². The Morgan fingerprint density at radius 1 is 0.365 bits per heavy atom. The lowest BCUT2D eigenvalue weighted by Crippen LogP contribution is -2.32. The molecule has 0 saturated heterocycles. The van der Waals surface area contributed by atoms with E-state index in [0.717, 1.165) is 17.8 Å². The maximum atomic E-state index is 2.39. The van der Waals surface area contributed by atoms with E-state index >= 15 is 0 Å². The summed E-state index contributed by atoms with van der Waals surface area (Å²) in [6.07, 6.45) is 4.31. The molecule has 2 unspecified atom stereocenters. The maximum Gasteiger partial charge on any atom is -0.00203 e. The summed E-state index contributed by atoms with van der Waals surface area (Å²) < 4.78 is 0. The van der Waals surface area contributed by atoms with Crippen LogP contribution in [0.5, 0.6) is 0 Å². The van der Waals surface area contributed by atoms with Gasteiger partial charge in [-0.2, -0.15) is 0 Å². The summed E-state index contributed by atoms with van der Waals surface area (Å²) >= 11 is 0. The molecule has 1 aliphatic carbocycles.